The van der Waals surface area contributed by atoms with Crippen LogP contribution in [0.15, 0.2) is 12.2 Å². The van der Waals surface area contributed by atoms with Crippen LogP contribution in [0.25, 0.3) is 0 Å². The van der Waals surface area contributed by atoms with E-state index in [1.165, 1.54) is 0 Å². The van der Waals surface area contributed by atoms with E-state index in [9.17, 15) is 9.59 Å². The second kappa shape index (κ2) is 3.31. The number of hydrogen-bond acceptors (Lipinski definition) is 3. The maximum Gasteiger partial charge on any atom is 0.310 e. The summed E-state index contributed by atoms with van der Waals surface area (Å²) in [5.41, 5.74) is 0. The van der Waals surface area contributed by atoms with Crippen molar-refractivity contribution in [2.75, 3.05) is 0 Å². The van der Waals surface area contributed by atoms with Gasteiger partial charge in [0.1, 0.15) is 5.92 Å². The normalized spacial score (nSPS) is 40.0. The third-order valence-corrected chi connectivity index (χ3v) is 3.41. The van der Waals surface area contributed by atoms with Crippen LogP contribution in [-0.2, 0) is 14.3 Å². The Morgan fingerprint density at radius 2 is 1.81 bits per heavy atom. The Kier molecular flexibility index (Phi) is 2.04. The predicted molar refractivity (Wildman–Crippen MR) is 53.6 cm³/mol. The van der Waals surface area contributed by atoms with Crippen molar-refractivity contribution in [3.63, 3.8) is 0 Å². The number of carboxylic acids is 1. The molecule has 1 saturated carbocycles. The van der Waals surface area contributed by atoms with Crippen LogP contribution in [-0.4, -0.2) is 35.2 Å². The highest BCUT2D eigenvalue weighted by atomic mass is 16.5. The van der Waals surface area contributed by atoms with E-state index in [4.69, 9.17) is 9.84 Å². The van der Waals surface area contributed by atoms with E-state index in [1.807, 2.05) is 0 Å². The standard InChI is InChI=1S/C11H13NO4/c13-10(12-5-1-2-5)8-6-3-4-7(16-6)9(8)11(14)15/h3-9H,1-2H2,(H,12,13)(H,14,15)/t6-,7-,8+,9-/m1/s1. The SMILES string of the molecule is O=C(NC1CC1)[C@@H]1[C@H](C(=O)O)[C@H]2C=C[C@H]1O2. The van der Waals surface area contributed by atoms with Gasteiger partial charge in [-0.1, -0.05) is 12.2 Å². The highest BCUT2D eigenvalue weighted by Gasteiger charge is 2.53. The summed E-state index contributed by atoms with van der Waals surface area (Å²) in [6.07, 6.45) is 4.75. The summed E-state index contributed by atoms with van der Waals surface area (Å²) in [5.74, 6) is -2.42. The molecule has 5 nitrogen and oxygen atoms in total. The summed E-state index contributed by atoms with van der Waals surface area (Å²) in [5, 5.41) is 12.0. The first kappa shape index (κ1) is 9.84. The summed E-state index contributed by atoms with van der Waals surface area (Å²) >= 11 is 0. The minimum absolute atomic E-state index is 0.174. The summed E-state index contributed by atoms with van der Waals surface area (Å²) in [7, 11) is 0. The Balaban J connectivity index is 1.78. The Morgan fingerprint density at radius 3 is 2.38 bits per heavy atom. The minimum atomic E-state index is -0.951. The Morgan fingerprint density at radius 1 is 1.19 bits per heavy atom. The summed E-state index contributed by atoms with van der Waals surface area (Å²) in [4.78, 5) is 23.0. The lowest BCUT2D eigenvalue weighted by atomic mass is 9.82. The first-order valence-electron chi connectivity index (χ1n) is 5.54. The molecule has 0 radical (unpaired) electrons. The lowest BCUT2D eigenvalue weighted by molar-refractivity contribution is -0.146. The maximum atomic E-state index is 11.9. The molecule has 5 heteroatoms. The number of hydrogen-bond donors (Lipinski definition) is 2. The van der Waals surface area contributed by atoms with E-state index >= 15 is 0 Å². The molecule has 1 aliphatic carbocycles. The van der Waals surface area contributed by atoms with Crippen LogP contribution in [0.2, 0.25) is 0 Å². The Bertz CT molecular complexity index is 374. The topological polar surface area (TPSA) is 75.6 Å². The van der Waals surface area contributed by atoms with Gasteiger partial charge in [-0.3, -0.25) is 9.59 Å². The highest BCUT2D eigenvalue weighted by molar-refractivity contribution is 5.87. The number of carbonyl (C=O) groups is 2. The van der Waals surface area contributed by atoms with Gasteiger partial charge in [0, 0.05) is 6.04 Å². The monoisotopic (exact) mass is 223 g/mol. The molecular weight excluding hydrogens is 210 g/mol. The molecule has 2 N–H and O–H groups in total. The maximum absolute atomic E-state index is 11.9. The van der Waals surface area contributed by atoms with Crippen molar-refractivity contribution in [3.05, 3.63) is 12.2 Å². The van der Waals surface area contributed by atoms with Crippen LogP contribution in [0.1, 0.15) is 12.8 Å². The second-order valence-corrected chi connectivity index (χ2v) is 4.62. The smallest absolute Gasteiger partial charge is 0.310 e. The molecule has 86 valence electrons. The fourth-order valence-electron chi connectivity index (χ4n) is 2.44. The summed E-state index contributed by atoms with van der Waals surface area (Å²) in [6, 6.07) is 0.255. The number of rotatable bonds is 3. The van der Waals surface area contributed by atoms with Crippen molar-refractivity contribution in [1.29, 1.82) is 0 Å². The van der Waals surface area contributed by atoms with Gasteiger partial charge in [0.05, 0.1) is 18.1 Å². The first-order valence-corrected chi connectivity index (χ1v) is 5.54. The molecule has 0 unspecified atom stereocenters. The van der Waals surface area contributed by atoms with Crippen LogP contribution in [0, 0.1) is 11.8 Å². The molecule has 1 amide bonds. The molecule has 0 aromatic heterocycles. The van der Waals surface area contributed by atoms with Crippen molar-refractivity contribution in [3.8, 4) is 0 Å². The van der Waals surface area contributed by atoms with E-state index in [0.29, 0.717) is 0 Å². The lowest BCUT2D eigenvalue weighted by Gasteiger charge is -2.20. The zero-order chi connectivity index (χ0) is 11.3. The molecule has 0 aromatic rings. The number of ether oxygens (including phenoxy) is 1. The quantitative estimate of drug-likeness (QED) is 0.656. The molecule has 2 bridgehead atoms. The Hall–Kier alpha value is -1.36. The number of nitrogens with one attached hydrogen (secondary N) is 1. The minimum Gasteiger partial charge on any atom is -0.481 e. The van der Waals surface area contributed by atoms with Crippen molar-refractivity contribution in [2.45, 2.75) is 31.1 Å². The van der Waals surface area contributed by atoms with Crippen molar-refractivity contribution in [2.24, 2.45) is 11.8 Å². The third kappa shape index (κ3) is 1.43. The molecule has 2 heterocycles. The van der Waals surface area contributed by atoms with E-state index < -0.39 is 23.9 Å². The van der Waals surface area contributed by atoms with Gasteiger partial charge in [0.25, 0.3) is 0 Å². The molecule has 2 fully saturated rings. The van der Waals surface area contributed by atoms with Crippen LogP contribution in [0.5, 0.6) is 0 Å². The van der Waals surface area contributed by atoms with Gasteiger partial charge in [0.2, 0.25) is 5.91 Å². The van der Waals surface area contributed by atoms with Crippen LogP contribution in [0.4, 0.5) is 0 Å². The number of aliphatic carboxylic acids is 1. The lowest BCUT2D eigenvalue weighted by Crippen LogP contribution is -2.43. The largest absolute Gasteiger partial charge is 0.481 e. The summed E-state index contributed by atoms with van der Waals surface area (Å²) < 4.78 is 5.43. The van der Waals surface area contributed by atoms with Gasteiger partial charge in [-0.2, -0.15) is 0 Å². The Labute approximate surface area is 92.5 Å². The molecule has 3 rings (SSSR count). The third-order valence-electron chi connectivity index (χ3n) is 3.41. The summed E-state index contributed by atoms with van der Waals surface area (Å²) in [6.45, 7) is 0. The van der Waals surface area contributed by atoms with Gasteiger partial charge >= 0.3 is 5.97 Å². The van der Waals surface area contributed by atoms with E-state index in [1.54, 1.807) is 12.2 Å². The molecule has 0 spiro atoms. The number of carboxylic acid groups (broad SMARTS) is 1. The zero-order valence-corrected chi connectivity index (χ0v) is 8.63. The fourth-order valence-corrected chi connectivity index (χ4v) is 2.44. The molecule has 3 aliphatic rings. The molecule has 0 aromatic carbocycles. The number of carbonyl (C=O) groups excluding carboxylic acids is 1. The zero-order valence-electron chi connectivity index (χ0n) is 8.63. The number of amides is 1. The van der Waals surface area contributed by atoms with Gasteiger partial charge in [0.15, 0.2) is 0 Å². The van der Waals surface area contributed by atoms with E-state index in [0.717, 1.165) is 12.8 Å². The van der Waals surface area contributed by atoms with Crippen LogP contribution < -0.4 is 5.32 Å². The van der Waals surface area contributed by atoms with Crippen LogP contribution in [0.3, 0.4) is 0 Å². The second-order valence-electron chi connectivity index (χ2n) is 4.62. The van der Waals surface area contributed by atoms with Crippen LogP contribution >= 0.6 is 0 Å². The predicted octanol–water partition coefficient (Wildman–Crippen LogP) is -0.0808. The molecular formula is C11H13NO4. The molecule has 16 heavy (non-hydrogen) atoms. The molecule has 4 atom stereocenters. The average Bonchev–Trinajstić information content (AvgIpc) is 2.81. The highest BCUT2D eigenvalue weighted by Crippen LogP contribution is 2.39. The number of fused-ring (bicyclic) bond motifs is 2. The van der Waals surface area contributed by atoms with Crippen molar-refractivity contribution < 1.29 is 19.4 Å². The average molecular weight is 223 g/mol. The van der Waals surface area contributed by atoms with Gasteiger partial charge in [-0.25, -0.2) is 0 Å². The fraction of sp³-hybridized carbons (Fsp3) is 0.636. The van der Waals surface area contributed by atoms with Gasteiger partial charge in [-0.15, -0.1) is 0 Å². The van der Waals surface area contributed by atoms with E-state index in [-0.39, 0.29) is 18.1 Å². The molecule has 2 aliphatic heterocycles. The van der Waals surface area contributed by atoms with Crippen molar-refractivity contribution in [1.82, 2.24) is 5.32 Å². The first-order chi connectivity index (χ1) is 7.66. The van der Waals surface area contributed by atoms with Crippen molar-refractivity contribution >= 4 is 11.9 Å². The van der Waals surface area contributed by atoms with E-state index in [2.05, 4.69) is 5.32 Å². The van der Waals surface area contributed by atoms with Gasteiger partial charge < -0.3 is 15.2 Å². The van der Waals surface area contributed by atoms with Gasteiger partial charge in [-0.05, 0) is 12.8 Å². The molecule has 1 saturated heterocycles.